The molecule has 0 unspecified atom stereocenters. The minimum Gasteiger partial charge on any atom is -0.446 e. The molecule has 0 aromatic carbocycles. The molecule has 0 spiro atoms. The molecule has 168 valence electrons. The number of sulfonamides is 1. The van der Waals surface area contributed by atoms with Gasteiger partial charge in [0.2, 0.25) is 10.0 Å². The second kappa shape index (κ2) is 8.63. The number of ether oxygens (including phenoxy) is 1. The van der Waals surface area contributed by atoms with E-state index in [2.05, 4.69) is 27.4 Å². The lowest BCUT2D eigenvalue weighted by Gasteiger charge is -2.23. The van der Waals surface area contributed by atoms with Crippen LogP contribution < -0.4 is 5.32 Å². The number of pyridine rings is 1. The SMILES string of the molecule is CC(C)NC(=O)O[C@@H]1CC[C@H](c2cnc3[nH]c(C4=CCN(S(C)(=O)=O)CC4)cc3c2)C1. The van der Waals surface area contributed by atoms with E-state index in [1.54, 1.807) is 0 Å². The van der Waals surface area contributed by atoms with Crippen LogP contribution in [-0.4, -0.2) is 60.3 Å². The number of nitrogens with one attached hydrogen (secondary N) is 2. The Morgan fingerprint density at radius 3 is 2.81 bits per heavy atom. The molecule has 31 heavy (non-hydrogen) atoms. The van der Waals surface area contributed by atoms with Crippen molar-refractivity contribution in [3.63, 3.8) is 0 Å². The topological polar surface area (TPSA) is 104 Å². The maximum absolute atomic E-state index is 11.9. The average Bonchev–Trinajstić information content (AvgIpc) is 3.33. The van der Waals surface area contributed by atoms with Crippen molar-refractivity contribution in [2.24, 2.45) is 0 Å². The van der Waals surface area contributed by atoms with E-state index in [1.807, 2.05) is 26.1 Å². The van der Waals surface area contributed by atoms with Crippen LogP contribution in [0.4, 0.5) is 4.79 Å². The summed E-state index contributed by atoms with van der Waals surface area (Å²) in [7, 11) is -3.16. The summed E-state index contributed by atoms with van der Waals surface area (Å²) in [5.74, 6) is 0.323. The van der Waals surface area contributed by atoms with Gasteiger partial charge in [-0.1, -0.05) is 6.08 Å². The number of fused-ring (bicyclic) bond motifs is 1. The average molecular weight is 447 g/mol. The van der Waals surface area contributed by atoms with E-state index < -0.39 is 10.0 Å². The van der Waals surface area contributed by atoms with Gasteiger partial charge < -0.3 is 15.0 Å². The van der Waals surface area contributed by atoms with E-state index in [0.717, 1.165) is 47.1 Å². The summed E-state index contributed by atoms with van der Waals surface area (Å²) in [5.41, 5.74) is 4.09. The number of nitrogens with zero attached hydrogens (tertiary/aromatic N) is 2. The first-order valence-corrected chi connectivity index (χ1v) is 12.6. The number of carbonyl (C=O) groups excluding carboxylic acids is 1. The fourth-order valence-electron chi connectivity index (χ4n) is 4.40. The molecule has 2 N–H and O–H groups in total. The molecule has 1 aliphatic heterocycles. The third-order valence-electron chi connectivity index (χ3n) is 6.01. The van der Waals surface area contributed by atoms with Crippen LogP contribution in [0.25, 0.3) is 16.6 Å². The standard InChI is InChI=1S/C22H30N4O4S/c1-14(2)24-22(27)30-19-5-4-16(11-19)18-10-17-12-20(25-21(17)23-13-18)15-6-8-26(9-7-15)31(3,28)29/h6,10,12-14,16,19H,4-5,7-9,11H2,1-3H3,(H,23,25)(H,24,27)/t16-,19+/m0/s1. The highest BCUT2D eigenvalue weighted by molar-refractivity contribution is 7.88. The highest BCUT2D eigenvalue weighted by atomic mass is 32.2. The van der Waals surface area contributed by atoms with Crippen molar-refractivity contribution in [1.82, 2.24) is 19.6 Å². The fourth-order valence-corrected chi connectivity index (χ4v) is 5.16. The molecule has 1 aliphatic carbocycles. The van der Waals surface area contributed by atoms with Gasteiger partial charge in [-0.05, 0) is 68.7 Å². The van der Waals surface area contributed by atoms with Gasteiger partial charge in [0.15, 0.2) is 0 Å². The number of carbonyl (C=O) groups is 1. The number of aromatic amines is 1. The molecular formula is C22H30N4O4S. The Labute approximate surface area is 183 Å². The van der Waals surface area contributed by atoms with E-state index in [0.29, 0.717) is 25.4 Å². The number of rotatable bonds is 5. The van der Waals surface area contributed by atoms with Crippen LogP contribution in [0.5, 0.6) is 0 Å². The molecule has 4 rings (SSSR count). The Hall–Kier alpha value is -2.39. The largest absolute Gasteiger partial charge is 0.446 e. The molecule has 2 atom stereocenters. The van der Waals surface area contributed by atoms with E-state index in [9.17, 15) is 13.2 Å². The zero-order chi connectivity index (χ0) is 22.2. The Kier molecular flexibility index (Phi) is 6.07. The van der Waals surface area contributed by atoms with Gasteiger partial charge in [0, 0.05) is 36.4 Å². The van der Waals surface area contributed by atoms with Gasteiger partial charge in [0.05, 0.1) is 6.26 Å². The summed E-state index contributed by atoms with van der Waals surface area (Å²) in [4.78, 5) is 19.8. The molecular weight excluding hydrogens is 416 g/mol. The van der Waals surface area contributed by atoms with Crippen molar-refractivity contribution >= 4 is 32.7 Å². The first kappa shape index (κ1) is 21.8. The van der Waals surface area contributed by atoms with Crippen LogP contribution in [-0.2, 0) is 14.8 Å². The predicted molar refractivity (Wildman–Crippen MR) is 120 cm³/mol. The molecule has 0 radical (unpaired) electrons. The third kappa shape index (κ3) is 5.10. The Morgan fingerprint density at radius 2 is 2.13 bits per heavy atom. The van der Waals surface area contributed by atoms with Gasteiger partial charge in [-0.25, -0.2) is 18.2 Å². The molecule has 2 aromatic heterocycles. The molecule has 0 saturated heterocycles. The highest BCUT2D eigenvalue weighted by Crippen LogP contribution is 2.37. The van der Waals surface area contributed by atoms with Crippen molar-refractivity contribution < 1.29 is 17.9 Å². The van der Waals surface area contributed by atoms with Crippen LogP contribution in [0.3, 0.4) is 0 Å². The van der Waals surface area contributed by atoms with Crippen molar-refractivity contribution in [1.29, 1.82) is 0 Å². The second-order valence-corrected chi connectivity index (χ2v) is 10.8. The van der Waals surface area contributed by atoms with Crippen LogP contribution in [0.2, 0.25) is 0 Å². The number of hydrogen-bond donors (Lipinski definition) is 2. The lowest BCUT2D eigenvalue weighted by molar-refractivity contribution is 0.0982. The van der Waals surface area contributed by atoms with E-state index in [-0.39, 0.29) is 18.2 Å². The minimum absolute atomic E-state index is 0.0628. The summed E-state index contributed by atoms with van der Waals surface area (Å²) in [6.45, 7) is 4.72. The van der Waals surface area contributed by atoms with Gasteiger partial charge in [-0.3, -0.25) is 0 Å². The van der Waals surface area contributed by atoms with Gasteiger partial charge in [0.1, 0.15) is 11.8 Å². The smallest absolute Gasteiger partial charge is 0.407 e. The number of aromatic nitrogens is 2. The van der Waals surface area contributed by atoms with E-state index >= 15 is 0 Å². The summed E-state index contributed by atoms with van der Waals surface area (Å²) >= 11 is 0. The second-order valence-electron chi connectivity index (χ2n) is 8.83. The quantitative estimate of drug-likeness (QED) is 0.733. The summed E-state index contributed by atoms with van der Waals surface area (Å²) in [6, 6.07) is 4.32. The van der Waals surface area contributed by atoms with E-state index in [1.165, 1.54) is 10.6 Å². The third-order valence-corrected chi connectivity index (χ3v) is 7.28. The van der Waals surface area contributed by atoms with Crippen LogP contribution in [0.15, 0.2) is 24.4 Å². The molecule has 2 aliphatic rings. The van der Waals surface area contributed by atoms with Gasteiger partial charge in [-0.2, -0.15) is 4.31 Å². The Balaban J connectivity index is 1.44. The van der Waals surface area contributed by atoms with Crippen LogP contribution in [0, 0.1) is 0 Å². The number of alkyl carbamates (subject to hydrolysis) is 1. The maximum Gasteiger partial charge on any atom is 0.407 e. The zero-order valence-electron chi connectivity index (χ0n) is 18.2. The van der Waals surface area contributed by atoms with Crippen molar-refractivity contribution in [3.8, 4) is 0 Å². The van der Waals surface area contributed by atoms with Crippen molar-refractivity contribution in [2.75, 3.05) is 19.3 Å². The molecule has 2 aromatic rings. The monoisotopic (exact) mass is 446 g/mol. The van der Waals surface area contributed by atoms with Gasteiger partial charge in [0.25, 0.3) is 0 Å². The molecule has 9 heteroatoms. The number of amides is 1. The summed E-state index contributed by atoms with van der Waals surface area (Å²) < 4.78 is 30.4. The molecule has 0 bridgehead atoms. The molecule has 1 fully saturated rings. The Morgan fingerprint density at radius 1 is 1.32 bits per heavy atom. The highest BCUT2D eigenvalue weighted by Gasteiger charge is 2.29. The van der Waals surface area contributed by atoms with Crippen molar-refractivity contribution in [2.45, 2.75) is 57.6 Å². The first-order valence-electron chi connectivity index (χ1n) is 10.8. The molecule has 1 saturated carbocycles. The lowest BCUT2D eigenvalue weighted by Crippen LogP contribution is -2.33. The first-order chi connectivity index (χ1) is 14.7. The minimum atomic E-state index is -3.16. The number of H-pyrrole nitrogens is 1. The maximum atomic E-state index is 11.9. The molecule has 1 amide bonds. The molecule has 8 nitrogen and oxygen atoms in total. The summed E-state index contributed by atoms with van der Waals surface area (Å²) in [5, 5.41) is 3.82. The zero-order valence-corrected chi connectivity index (χ0v) is 19.0. The normalized spacial score (nSPS) is 22.6. The lowest BCUT2D eigenvalue weighted by atomic mass is 9.98. The van der Waals surface area contributed by atoms with Gasteiger partial charge >= 0.3 is 6.09 Å². The van der Waals surface area contributed by atoms with Crippen molar-refractivity contribution in [3.05, 3.63) is 35.7 Å². The predicted octanol–water partition coefficient (Wildman–Crippen LogP) is 3.38. The fraction of sp³-hybridized carbons (Fsp3) is 0.545. The van der Waals surface area contributed by atoms with Crippen LogP contribution in [0.1, 0.15) is 56.7 Å². The Bertz CT molecular complexity index is 1110. The summed E-state index contributed by atoms with van der Waals surface area (Å²) in [6.07, 6.45) is 8.02. The molecule has 3 heterocycles. The number of hydrogen-bond acceptors (Lipinski definition) is 5. The van der Waals surface area contributed by atoms with E-state index in [4.69, 9.17) is 4.74 Å². The van der Waals surface area contributed by atoms with Crippen LogP contribution >= 0.6 is 0 Å². The van der Waals surface area contributed by atoms with Gasteiger partial charge in [-0.15, -0.1) is 0 Å².